The van der Waals surface area contributed by atoms with Crippen molar-refractivity contribution in [3.05, 3.63) is 0 Å². The highest BCUT2D eigenvalue weighted by atomic mass is 16.4. The molecule has 0 aromatic heterocycles. The number of carbonyl (C=O) groups is 1. The van der Waals surface area contributed by atoms with Crippen molar-refractivity contribution in [1.82, 2.24) is 0 Å². The highest BCUT2D eigenvalue weighted by Crippen LogP contribution is 2.42. The van der Waals surface area contributed by atoms with Gasteiger partial charge in [0.2, 0.25) is 0 Å². The van der Waals surface area contributed by atoms with Crippen molar-refractivity contribution in [2.24, 2.45) is 17.8 Å². The fraction of sp³-hybridized carbons (Fsp3) is 0.900. The molecule has 0 amide bonds. The Balaban J connectivity index is 2.07. The lowest BCUT2D eigenvalue weighted by molar-refractivity contribution is -0.147. The van der Waals surface area contributed by atoms with Gasteiger partial charge in [-0.05, 0) is 37.5 Å². The second-order valence-electron chi connectivity index (χ2n) is 4.45. The summed E-state index contributed by atoms with van der Waals surface area (Å²) in [6.45, 7) is 0. The van der Waals surface area contributed by atoms with Gasteiger partial charge in [-0.15, -0.1) is 0 Å². The van der Waals surface area contributed by atoms with Crippen LogP contribution in [-0.2, 0) is 4.79 Å². The normalized spacial score (nSPS) is 44.4. The maximum atomic E-state index is 10.8. The van der Waals surface area contributed by atoms with E-state index in [0.717, 1.165) is 12.8 Å². The molecule has 2 rings (SSSR count). The quantitative estimate of drug-likeness (QED) is 0.645. The molecule has 13 heavy (non-hydrogen) atoms. The fourth-order valence-electron chi connectivity index (χ4n) is 2.91. The van der Waals surface area contributed by atoms with E-state index in [1.807, 2.05) is 0 Å². The summed E-state index contributed by atoms with van der Waals surface area (Å²) < 4.78 is 0. The van der Waals surface area contributed by atoms with Crippen molar-refractivity contribution in [3.63, 3.8) is 0 Å². The average molecular weight is 184 g/mol. The van der Waals surface area contributed by atoms with Gasteiger partial charge in [-0.3, -0.25) is 4.79 Å². The number of aliphatic hydroxyl groups excluding tert-OH is 1. The molecule has 0 aromatic rings. The van der Waals surface area contributed by atoms with Crippen molar-refractivity contribution < 1.29 is 15.0 Å². The van der Waals surface area contributed by atoms with Gasteiger partial charge >= 0.3 is 5.97 Å². The number of aliphatic carboxylic acids is 1. The Labute approximate surface area is 77.8 Å². The van der Waals surface area contributed by atoms with Gasteiger partial charge in [0.25, 0.3) is 0 Å². The van der Waals surface area contributed by atoms with Gasteiger partial charge in [0.15, 0.2) is 0 Å². The molecule has 0 radical (unpaired) electrons. The maximum Gasteiger partial charge on any atom is 0.306 e. The summed E-state index contributed by atoms with van der Waals surface area (Å²) >= 11 is 0. The lowest BCUT2D eigenvalue weighted by atomic mass is 9.66. The SMILES string of the molecule is O=C(O)C1CC2CCCC(C1)C2O. The summed E-state index contributed by atoms with van der Waals surface area (Å²) in [5.74, 6) is -0.357. The largest absolute Gasteiger partial charge is 0.481 e. The summed E-state index contributed by atoms with van der Waals surface area (Å²) in [6.07, 6.45) is 4.35. The summed E-state index contributed by atoms with van der Waals surface area (Å²) in [6, 6.07) is 0. The van der Waals surface area contributed by atoms with E-state index >= 15 is 0 Å². The topological polar surface area (TPSA) is 57.5 Å². The zero-order valence-corrected chi connectivity index (χ0v) is 7.65. The lowest BCUT2D eigenvalue weighted by Gasteiger charge is -2.41. The van der Waals surface area contributed by atoms with E-state index < -0.39 is 5.97 Å². The molecule has 74 valence electrons. The standard InChI is InChI=1S/C10H16O3/c11-9-6-2-1-3-7(9)5-8(4-6)10(12)13/h6-9,11H,1-5H2,(H,12,13). The number of fused-ring (bicyclic) bond motifs is 2. The van der Waals surface area contributed by atoms with Gasteiger partial charge in [0, 0.05) is 0 Å². The van der Waals surface area contributed by atoms with E-state index in [0.29, 0.717) is 12.8 Å². The van der Waals surface area contributed by atoms with Crippen LogP contribution in [0.1, 0.15) is 32.1 Å². The van der Waals surface area contributed by atoms with Crippen LogP contribution in [0.2, 0.25) is 0 Å². The highest BCUT2D eigenvalue weighted by molar-refractivity contribution is 5.70. The van der Waals surface area contributed by atoms with E-state index in [1.54, 1.807) is 0 Å². The number of carboxylic acids is 1. The molecule has 3 heteroatoms. The Bertz CT molecular complexity index is 200. The molecule has 2 N–H and O–H groups in total. The van der Waals surface area contributed by atoms with Crippen molar-refractivity contribution in [2.75, 3.05) is 0 Å². The van der Waals surface area contributed by atoms with Crippen LogP contribution in [0.15, 0.2) is 0 Å². The minimum Gasteiger partial charge on any atom is -0.481 e. The monoisotopic (exact) mass is 184 g/mol. The molecule has 2 unspecified atom stereocenters. The van der Waals surface area contributed by atoms with Gasteiger partial charge < -0.3 is 10.2 Å². The Kier molecular flexibility index (Phi) is 2.28. The summed E-state index contributed by atoms with van der Waals surface area (Å²) in [7, 11) is 0. The fourth-order valence-corrected chi connectivity index (χ4v) is 2.91. The van der Waals surface area contributed by atoms with E-state index in [-0.39, 0.29) is 23.9 Å². The van der Waals surface area contributed by atoms with Crippen LogP contribution in [0.3, 0.4) is 0 Å². The second-order valence-corrected chi connectivity index (χ2v) is 4.45. The smallest absolute Gasteiger partial charge is 0.306 e. The van der Waals surface area contributed by atoms with Crippen LogP contribution in [0.25, 0.3) is 0 Å². The van der Waals surface area contributed by atoms with Crippen LogP contribution in [0.4, 0.5) is 0 Å². The molecule has 0 aromatic carbocycles. The van der Waals surface area contributed by atoms with Crippen molar-refractivity contribution in [3.8, 4) is 0 Å². The molecule has 0 heterocycles. The average Bonchev–Trinajstić information content (AvgIpc) is 2.02. The molecular formula is C10H16O3. The molecule has 2 aliphatic carbocycles. The third kappa shape index (κ3) is 1.57. The van der Waals surface area contributed by atoms with E-state index in [1.165, 1.54) is 6.42 Å². The first kappa shape index (κ1) is 9.00. The minimum atomic E-state index is -0.677. The zero-order chi connectivity index (χ0) is 9.42. The van der Waals surface area contributed by atoms with Gasteiger partial charge in [-0.2, -0.15) is 0 Å². The molecule has 3 nitrogen and oxygen atoms in total. The van der Waals surface area contributed by atoms with Gasteiger partial charge in [0.1, 0.15) is 0 Å². The first-order valence-electron chi connectivity index (χ1n) is 5.09. The van der Waals surface area contributed by atoms with E-state index in [2.05, 4.69) is 0 Å². The molecular weight excluding hydrogens is 168 g/mol. The molecule has 0 saturated heterocycles. The molecule has 0 spiro atoms. The third-order valence-corrected chi connectivity index (χ3v) is 3.64. The van der Waals surface area contributed by atoms with Gasteiger partial charge in [0.05, 0.1) is 12.0 Å². The predicted octanol–water partition coefficient (Wildman–Crippen LogP) is 1.26. The van der Waals surface area contributed by atoms with Crippen LogP contribution < -0.4 is 0 Å². The van der Waals surface area contributed by atoms with Crippen LogP contribution in [-0.4, -0.2) is 22.3 Å². The van der Waals surface area contributed by atoms with Crippen LogP contribution in [0, 0.1) is 17.8 Å². The molecule has 2 aliphatic rings. The predicted molar refractivity (Wildman–Crippen MR) is 47.2 cm³/mol. The van der Waals surface area contributed by atoms with Gasteiger partial charge in [-0.25, -0.2) is 0 Å². The summed E-state index contributed by atoms with van der Waals surface area (Å²) in [5.41, 5.74) is 0. The molecule has 2 saturated carbocycles. The number of carboxylic acid groups (broad SMARTS) is 1. The van der Waals surface area contributed by atoms with Gasteiger partial charge in [-0.1, -0.05) is 6.42 Å². The molecule has 0 aliphatic heterocycles. The van der Waals surface area contributed by atoms with Crippen molar-refractivity contribution >= 4 is 5.97 Å². The highest BCUT2D eigenvalue weighted by Gasteiger charge is 2.41. The summed E-state index contributed by atoms with van der Waals surface area (Å²) in [4.78, 5) is 10.8. The Hall–Kier alpha value is -0.570. The van der Waals surface area contributed by atoms with Crippen molar-refractivity contribution in [2.45, 2.75) is 38.2 Å². The Morgan fingerprint density at radius 1 is 1.15 bits per heavy atom. The first-order chi connectivity index (χ1) is 6.18. The number of hydrogen-bond acceptors (Lipinski definition) is 2. The Morgan fingerprint density at radius 2 is 1.69 bits per heavy atom. The number of aliphatic hydroxyl groups is 1. The third-order valence-electron chi connectivity index (χ3n) is 3.64. The number of hydrogen-bond donors (Lipinski definition) is 2. The number of rotatable bonds is 1. The molecule has 2 fully saturated rings. The second kappa shape index (κ2) is 3.29. The minimum absolute atomic E-state index is 0.196. The van der Waals surface area contributed by atoms with E-state index in [9.17, 15) is 9.90 Å². The van der Waals surface area contributed by atoms with Crippen molar-refractivity contribution in [1.29, 1.82) is 0 Å². The lowest BCUT2D eigenvalue weighted by Crippen LogP contribution is -2.42. The Morgan fingerprint density at radius 3 is 2.15 bits per heavy atom. The molecule has 2 atom stereocenters. The summed E-state index contributed by atoms with van der Waals surface area (Å²) in [5, 5.41) is 18.7. The molecule has 2 bridgehead atoms. The van der Waals surface area contributed by atoms with E-state index in [4.69, 9.17) is 5.11 Å². The van der Waals surface area contributed by atoms with Crippen LogP contribution >= 0.6 is 0 Å². The van der Waals surface area contributed by atoms with Crippen LogP contribution in [0.5, 0.6) is 0 Å². The first-order valence-corrected chi connectivity index (χ1v) is 5.09. The maximum absolute atomic E-state index is 10.8. The zero-order valence-electron chi connectivity index (χ0n) is 7.65.